The highest BCUT2D eigenvalue weighted by Gasteiger charge is 2.32. The lowest BCUT2D eigenvalue weighted by Crippen LogP contribution is -2.42. The van der Waals surface area contributed by atoms with Gasteiger partial charge in [-0.3, -0.25) is 4.79 Å². The maximum atomic E-state index is 12.5. The van der Waals surface area contributed by atoms with Gasteiger partial charge in [-0.1, -0.05) is 0 Å². The number of hydrogen-bond donors (Lipinski definition) is 2. The molecule has 2 N–H and O–H groups in total. The van der Waals surface area contributed by atoms with E-state index in [1.54, 1.807) is 6.20 Å². The molecule has 1 radical (unpaired) electrons. The van der Waals surface area contributed by atoms with Crippen molar-refractivity contribution in [1.29, 1.82) is 0 Å². The van der Waals surface area contributed by atoms with Crippen LogP contribution in [0.5, 0.6) is 0 Å². The molecule has 1 aromatic rings. The number of rotatable bonds is 3. The van der Waals surface area contributed by atoms with Crippen molar-refractivity contribution in [1.82, 2.24) is 15.2 Å². The molecule has 1 amide bonds. The number of amides is 1. The Morgan fingerprint density at radius 3 is 2.60 bits per heavy atom. The summed E-state index contributed by atoms with van der Waals surface area (Å²) in [5, 5.41) is 13.2. The fourth-order valence-electron chi connectivity index (χ4n) is 3.52. The maximum absolute atomic E-state index is 12.5. The van der Waals surface area contributed by atoms with Crippen molar-refractivity contribution >= 4 is 30.2 Å². The third kappa shape index (κ3) is 4.03. The molecule has 133 valence electrons. The Kier molecular flexibility index (Phi) is 4.87. The molecule has 0 spiro atoms. The van der Waals surface area contributed by atoms with Crippen LogP contribution in [0.15, 0.2) is 17.3 Å². The van der Waals surface area contributed by atoms with E-state index < -0.39 is 5.60 Å². The Balaban J connectivity index is 1.59. The first kappa shape index (κ1) is 17.9. The van der Waals surface area contributed by atoms with Crippen LogP contribution in [0.2, 0.25) is 0 Å². The largest absolute Gasteiger partial charge is 0.390 e. The quantitative estimate of drug-likeness (QED) is 0.805. The molecule has 0 unspecified atom stereocenters. The number of pyridine rings is 1. The van der Waals surface area contributed by atoms with Crippen molar-refractivity contribution in [3.8, 4) is 0 Å². The van der Waals surface area contributed by atoms with Gasteiger partial charge >= 0.3 is 0 Å². The molecule has 6 nitrogen and oxygen atoms in total. The van der Waals surface area contributed by atoms with Gasteiger partial charge in [-0.15, -0.1) is 0 Å². The second-order valence-corrected chi connectivity index (χ2v) is 7.82. The van der Waals surface area contributed by atoms with Gasteiger partial charge in [0.25, 0.3) is 5.91 Å². The van der Waals surface area contributed by atoms with E-state index in [2.05, 4.69) is 15.3 Å². The molecule has 2 aliphatic rings. The lowest BCUT2D eigenvalue weighted by atomic mass is 9.70. The highest BCUT2D eigenvalue weighted by Crippen LogP contribution is 2.32. The fourth-order valence-corrected chi connectivity index (χ4v) is 3.52. The van der Waals surface area contributed by atoms with Crippen molar-refractivity contribution in [2.45, 2.75) is 51.2 Å². The lowest BCUT2D eigenvalue weighted by molar-refractivity contribution is -0.00257. The molecule has 0 bridgehead atoms. The van der Waals surface area contributed by atoms with Crippen molar-refractivity contribution < 1.29 is 9.90 Å². The second kappa shape index (κ2) is 6.79. The number of aromatic nitrogens is 1. The van der Waals surface area contributed by atoms with E-state index in [4.69, 9.17) is 0 Å². The summed E-state index contributed by atoms with van der Waals surface area (Å²) in [5.74, 6) is 0.873. The monoisotopic (exact) mass is 341 g/mol. The standard InChI is InChI=1S/C18H26BN4O2/c1-18(2,25)12-5-7-13(8-6-12)21-16(24)11-9-14-15(20-10-11)22-17(19-14)23(3)4/h9-10,12-13,25H,5-8H2,1-4H3,(H,21,24). The van der Waals surface area contributed by atoms with Gasteiger partial charge in [0, 0.05) is 26.3 Å². The number of hydrogen-bond acceptors (Lipinski definition) is 5. The normalized spacial score (nSPS) is 22.7. The van der Waals surface area contributed by atoms with E-state index in [1.807, 2.05) is 46.2 Å². The fraction of sp³-hybridized carbons (Fsp3) is 0.611. The summed E-state index contributed by atoms with van der Waals surface area (Å²) in [5.41, 5.74) is 1.64. The molecule has 1 aliphatic heterocycles. The highest BCUT2D eigenvalue weighted by molar-refractivity contribution is 6.87. The van der Waals surface area contributed by atoms with Gasteiger partial charge in [-0.2, -0.15) is 0 Å². The van der Waals surface area contributed by atoms with E-state index in [-0.39, 0.29) is 11.9 Å². The van der Waals surface area contributed by atoms with Gasteiger partial charge in [0.1, 0.15) is 5.82 Å². The van der Waals surface area contributed by atoms with Gasteiger partial charge in [-0.05, 0) is 57.0 Å². The predicted octanol–water partition coefficient (Wildman–Crippen LogP) is 1.03. The Bertz CT molecular complexity index is 689. The van der Waals surface area contributed by atoms with E-state index >= 15 is 0 Å². The minimum atomic E-state index is -0.640. The van der Waals surface area contributed by atoms with Crippen LogP contribution in [0.25, 0.3) is 0 Å². The van der Waals surface area contributed by atoms with Gasteiger partial charge in [0.05, 0.1) is 16.9 Å². The molecule has 2 heterocycles. The first-order valence-corrected chi connectivity index (χ1v) is 8.88. The van der Waals surface area contributed by atoms with Crippen LogP contribution in [-0.2, 0) is 0 Å². The summed E-state index contributed by atoms with van der Waals surface area (Å²) < 4.78 is 0. The molecule has 1 aromatic heterocycles. The Morgan fingerprint density at radius 1 is 1.32 bits per heavy atom. The zero-order valence-electron chi connectivity index (χ0n) is 15.4. The summed E-state index contributed by atoms with van der Waals surface area (Å²) in [4.78, 5) is 23.2. The smallest absolute Gasteiger partial charge is 0.253 e. The summed E-state index contributed by atoms with van der Waals surface area (Å²) in [6, 6.07) is 2.01. The molecule has 1 aliphatic carbocycles. The molecule has 1 fully saturated rings. The van der Waals surface area contributed by atoms with Crippen LogP contribution >= 0.6 is 0 Å². The third-order valence-electron chi connectivity index (χ3n) is 5.18. The SMILES string of the molecule is CN(C)C1=Nc2ncc(C(=O)NC3CCC(C(C)(C)O)CC3)cc2[B]1. The summed E-state index contributed by atoms with van der Waals surface area (Å²) >= 11 is 0. The average molecular weight is 341 g/mol. The van der Waals surface area contributed by atoms with Crippen molar-refractivity contribution in [3.05, 3.63) is 17.8 Å². The first-order valence-electron chi connectivity index (χ1n) is 8.88. The summed E-state index contributed by atoms with van der Waals surface area (Å²) in [6.07, 6.45) is 5.26. The minimum absolute atomic E-state index is 0.0892. The molecule has 25 heavy (non-hydrogen) atoms. The highest BCUT2D eigenvalue weighted by atomic mass is 16.3. The number of nitrogens with zero attached hydrogens (tertiary/aromatic N) is 3. The van der Waals surface area contributed by atoms with Crippen molar-refractivity contribution in [2.75, 3.05) is 14.1 Å². The maximum Gasteiger partial charge on any atom is 0.253 e. The van der Waals surface area contributed by atoms with E-state index in [0.717, 1.165) is 36.9 Å². The van der Waals surface area contributed by atoms with Crippen molar-refractivity contribution in [2.24, 2.45) is 10.9 Å². The zero-order chi connectivity index (χ0) is 18.2. The van der Waals surface area contributed by atoms with Crippen LogP contribution in [0.1, 0.15) is 49.9 Å². The second-order valence-electron chi connectivity index (χ2n) is 7.82. The number of fused-ring (bicyclic) bond motifs is 1. The van der Waals surface area contributed by atoms with Gasteiger partial charge < -0.3 is 15.3 Å². The van der Waals surface area contributed by atoms with Crippen molar-refractivity contribution in [3.63, 3.8) is 0 Å². The Labute approximate surface area is 150 Å². The number of carbonyl (C=O) groups is 1. The number of aliphatic hydroxyl groups is 1. The van der Waals surface area contributed by atoms with Crippen LogP contribution in [0.3, 0.4) is 0 Å². The van der Waals surface area contributed by atoms with E-state index in [0.29, 0.717) is 17.3 Å². The number of nitrogens with one attached hydrogen (secondary N) is 1. The molecule has 7 heteroatoms. The molecule has 1 saturated carbocycles. The molecule has 0 saturated heterocycles. The van der Waals surface area contributed by atoms with Gasteiger partial charge in [0.2, 0.25) is 7.28 Å². The summed E-state index contributed by atoms with van der Waals surface area (Å²) in [7, 11) is 5.80. The molecule has 3 rings (SSSR count). The molecular weight excluding hydrogens is 315 g/mol. The van der Waals surface area contributed by atoms with Gasteiger partial charge in [-0.25, -0.2) is 9.98 Å². The van der Waals surface area contributed by atoms with E-state index in [9.17, 15) is 9.90 Å². The Morgan fingerprint density at radius 2 is 2.00 bits per heavy atom. The minimum Gasteiger partial charge on any atom is -0.390 e. The summed E-state index contributed by atoms with van der Waals surface area (Å²) in [6.45, 7) is 3.74. The Hall–Kier alpha value is -1.89. The van der Waals surface area contributed by atoms with Crippen LogP contribution in [0.4, 0.5) is 5.82 Å². The predicted molar refractivity (Wildman–Crippen MR) is 99.9 cm³/mol. The average Bonchev–Trinajstić information content (AvgIpc) is 2.98. The number of amidine groups is 1. The van der Waals surface area contributed by atoms with Crippen LogP contribution in [-0.4, -0.2) is 59.7 Å². The van der Waals surface area contributed by atoms with Gasteiger partial charge in [0.15, 0.2) is 0 Å². The topological polar surface area (TPSA) is 77.8 Å². The third-order valence-corrected chi connectivity index (χ3v) is 5.18. The number of aliphatic imine (C=N–C) groups is 1. The number of carbonyl (C=O) groups excluding carboxylic acids is 1. The molecule has 0 aromatic carbocycles. The van der Waals surface area contributed by atoms with Crippen LogP contribution < -0.4 is 10.8 Å². The lowest BCUT2D eigenvalue weighted by Gasteiger charge is -2.36. The zero-order valence-corrected chi connectivity index (χ0v) is 15.4. The molecule has 0 atom stereocenters. The first-order chi connectivity index (χ1) is 11.7. The molecular formula is C18H26BN4O2. The van der Waals surface area contributed by atoms with Crippen LogP contribution in [0, 0.1) is 5.92 Å². The van der Waals surface area contributed by atoms with E-state index in [1.165, 1.54) is 0 Å².